The third kappa shape index (κ3) is 3.44. The van der Waals surface area contributed by atoms with Crippen LogP contribution in [0.3, 0.4) is 0 Å². The summed E-state index contributed by atoms with van der Waals surface area (Å²) >= 11 is 0. The second-order valence-electron chi connectivity index (χ2n) is 7.21. The first kappa shape index (κ1) is 17.3. The van der Waals surface area contributed by atoms with E-state index in [4.69, 9.17) is 0 Å². The van der Waals surface area contributed by atoms with Crippen LogP contribution in [0.2, 0.25) is 0 Å². The van der Waals surface area contributed by atoms with Gasteiger partial charge in [0.15, 0.2) is 0 Å². The number of benzene rings is 4. The van der Waals surface area contributed by atoms with E-state index in [0.29, 0.717) is 5.92 Å². The van der Waals surface area contributed by atoms with Gasteiger partial charge in [0.05, 0.1) is 0 Å². The predicted molar refractivity (Wildman–Crippen MR) is 117 cm³/mol. The van der Waals surface area contributed by atoms with E-state index in [0.717, 1.165) is 0 Å². The zero-order valence-corrected chi connectivity index (χ0v) is 15.9. The van der Waals surface area contributed by atoms with Crippen LogP contribution >= 0.6 is 0 Å². The van der Waals surface area contributed by atoms with Crippen LogP contribution in [-0.2, 0) is 0 Å². The quantitative estimate of drug-likeness (QED) is 0.353. The maximum absolute atomic E-state index is 2.31. The average Bonchev–Trinajstić information content (AvgIpc) is 2.74. The molecule has 0 spiro atoms. The number of rotatable bonds is 4. The first-order valence-electron chi connectivity index (χ1n) is 9.59. The van der Waals surface area contributed by atoms with E-state index in [9.17, 15) is 0 Å². The molecule has 0 aliphatic rings. The van der Waals surface area contributed by atoms with Crippen molar-refractivity contribution in [1.82, 2.24) is 0 Å². The van der Waals surface area contributed by atoms with Gasteiger partial charge in [-0.3, -0.25) is 0 Å². The maximum Gasteiger partial charge on any atom is -0.00239 e. The van der Waals surface area contributed by atoms with Crippen LogP contribution in [0.15, 0.2) is 103 Å². The summed E-state index contributed by atoms with van der Waals surface area (Å²) in [4.78, 5) is 0. The summed E-state index contributed by atoms with van der Waals surface area (Å²) in [5, 5.41) is 0. The Morgan fingerprint density at radius 3 is 1.37 bits per heavy atom. The molecule has 0 fully saturated rings. The molecule has 0 nitrogen and oxygen atoms in total. The SMILES string of the molecule is CC(C)c1ccc(-c2ccccc2)c(-c2ccccc2)c1-c1ccccc1. The summed E-state index contributed by atoms with van der Waals surface area (Å²) < 4.78 is 0. The zero-order valence-electron chi connectivity index (χ0n) is 15.9. The van der Waals surface area contributed by atoms with Crippen LogP contribution in [0.25, 0.3) is 33.4 Å². The van der Waals surface area contributed by atoms with Gasteiger partial charge < -0.3 is 0 Å². The van der Waals surface area contributed by atoms with Crippen molar-refractivity contribution in [3.8, 4) is 33.4 Å². The first-order chi connectivity index (χ1) is 13.3. The van der Waals surface area contributed by atoms with E-state index < -0.39 is 0 Å². The molecule has 4 rings (SSSR count). The molecule has 132 valence electrons. The van der Waals surface area contributed by atoms with Gasteiger partial charge in [0.1, 0.15) is 0 Å². The minimum Gasteiger partial charge on any atom is -0.0622 e. The van der Waals surface area contributed by atoms with Crippen LogP contribution < -0.4 is 0 Å². The fraction of sp³-hybridized carbons (Fsp3) is 0.111. The molecule has 0 saturated heterocycles. The van der Waals surface area contributed by atoms with Gasteiger partial charge in [-0.25, -0.2) is 0 Å². The highest BCUT2D eigenvalue weighted by molar-refractivity contribution is 5.96. The minimum atomic E-state index is 0.451. The van der Waals surface area contributed by atoms with E-state index in [1.807, 2.05) is 0 Å². The highest BCUT2D eigenvalue weighted by Crippen LogP contribution is 2.43. The Morgan fingerprint density at radius 2 is 0.889 bits per heavy atom. The van der Waals surface area contributed by atoms with E-state index in [-0.39, 0.29) is 0 Å². The molecule has 0 heterocycles. The molecule has 4 aromatic carbocycles. The molecule has 0 bridgehead atoms. The van der Waals surface area contributed by atoms with E-state index in [1.54, 1.807) is 0 Å². The lowest BCUT2D eigenvalue weighted by molar-refractivity contribution is 0.869. The topological polar surface area (TPSA) is 0 Å². The smallest absolute Gasteiger partial charge is 0.00239 e. The lowest BCUT2D eigenvalue weighted by Gasteiger charge is -2.22. The highest BCUT2D eigenvalue weighted by Gasteiger charge is 2.19. The third-order valence-corrected chi connectivity index (χ3v) is 5.07. The van der Waals surface area contributed by atoms with Crippen LogP contribution in [0.4, 0.5) is 0 Å². The van der Waals surface area contributed by atoms with Gasteiger partial charge in [-0.2, -0.15) is 0 Å². The molecule has 0 aliphatic heterocycles. The molecule has 0 aromatic heterocycles. The summed E-state index contributed by atoms with van der Waals surface area (Å²) in [6.45, 7) is 4.55. The molecule has 0 unspecified atom stereocenters. The Kier molecular flexibility index (Phi) is 4.89. The minimum absolute atomic E-state index is 0.451. The second kappa shape index (κ2) is 7.63. The van der Waals surface area contributed by atoms with Gasteiger partial charge in [-0.05, 0) is 44.9 Å². The monoisotopic (exact) mass is 348 g/mol. The molecule has 0 radical (unpaired) electrons. The van der Waals surface area contributed by atoms with Crippen molar-refractivity contribution in [2.24, 2.45) is 0 Å². The fourth-order valence-electron chi connectivity index (χ4n) is 3.78. The van der Waals surface area contributed by atoms with Gasteiger partial charge in [-0.15, -0.1) is 0 Å². The van der Waals surface area contributed by atoms with E-state index in [2.05, 4.69) is 117 Å². The van der Waals surface area contributed by atoms with E-state index >= 15 is 0 Å². The summed E-state index contributed by atoms with van der Waals surface area (Å²) in [6, 6.07) is 36.9. The molecular weight excluding hydrogens is 324 g/mol. The molecule has 27 heavy (non-hydrogen) atoms. The molecule has 0 atom stereocenters. The van der Waals surface area contributed by atoms with Gasteiger partial charge in [0, 0.05) is 0 Å². The first-order valence-corrected chi connectivity index (χ1v) is 9.59. The second-order valence-corrected chi connectivity index (χ2v) is 7.21. The van der Waals surface area contributed by atoms with Gasteiger partial charge in [0.25, 0.3) is 0 Å². The Hall–Kier alpha value is -3.12. The molecule has 0 amide bonds. The normalized spacial score (nSPS) is 10.9. The molecular formula is C27H24. The van der Waals surface area contributed by atoms with Gasteiger partial charge in [0.2, 0.25) is 0 Å². The van der Waals surface area contributed by atoms with Crippen molar-refractivity contribution in [2.75, 3.05) is 0 Å². The van der Waals surface area contributed by atoms with Crippen molar-refractivity contribution in [2.45, 2.75) is 19.8 Å². The number of hydrogen-bond donors (Lipinski definition) is 0. The molecule has 0 heteroatoms. The molecule has 0 saturated carbocycles. The summed E-state index contributed by atoms with van der Waals surface area (Å²) in [5.41, 5.74) is 9.13. The Bertz CT molecular complexity index is 1010. The van der Waals surface area contributed by atoms with Crippen LogP contribution in [0, 0.1) is 0 Å². The largest absolute Gasteiger partial charge is 0.0622 e. The average molecular weight is 348 g/mol. The third-order valence-electron chi connectivity index (χ3n) is 5.07. The van der Waals surface area contributed by atoms with Crippen molar-refractivity contribution < 1.29 is 0 Å². The molecule has 4 aromatic rings. The van der Waals surface area contributed by atoms with Crippen molar-refractivity contribution in [3.63, 3.8) is 0 Å². The Morgan fingerprint density at radius 1 is 0.444 bits per heavy atom. The number of hydrogen-bond acceptors (Lipinski definition) is 0. The highest BCUT2D eigenvalue weighted by atomic mass is 14.2. The molecule has 0 aliphatic carbocycles. The fourth-order valence-corrected chi connectivity index (χ4v) is 3.78. The molecule has 0 N–H and O–H groups in total. The van der Waals surface area contributed by atoms with Crippen LogP contribution in [-0.4, -0.2) is 0 Å². The Balaban J connectivity index is 2.11. The maximum atomic E-state index is 2.31. The predicted octanol–water partition coefficient (Wildman–Crippen LogP) is 7.81. The lowest BCUT2D eigenvalue weighted by atomic mass is 9.82. The van der Waals surface area contributed by atoms with Gasteiger partial charge >= 0.3 is 0 Å². The van der Waals surface area contributed by atoms with Crippen LogP contribution in [0.5, 0.6) is 0 Å². The van der Waals surface area contributed by atoms with Gasteiger partial charge in [-0.1, -0.05) is 117 Å². The van der Waals surface area contributed by atoms with Crippen molar-refractivity contribution >= 4 is 0 Å². The lowest BCUT2D eigenvalue weighted by Crippen LogP contribution is -1.98. The summed E-state index contributed by atoms with van der Waals surface area (Å²) in [7, 11) is 0. The van der Waals surface area contributed by atoms with Crippen molar-refractivity contribution in [1.29, 1.82) is 0 Å². The van der Waals surface area contributed by atoms with E-state index in [1.165, 1.54) is 38.9 Å². The van der Waals surface area contributed by atoms with Crippen molar-refractivity contribution in [3.05, 3.63) is 109 Å². The van der Waals surface area contributed by atoms with Crippen LogP contribution in [0.1, 0.15) is 25.3 Å². The summed E-state index contributed by atoms with van der Waals surface area (Å²) in [6.07, 6.45) is 0. The zero-order chi connectivity index (χ0) is 18.6. The summed E-state index contributed by atoms with van der Waals surface area (Å²) in [5.74, 6) is 0.451. The Labute approximate surface area is 162 Å². The standard InChI is InChI=1S/C27H24/c1-20(2)24-18-19-25(21-12-6-3-7-13-21)27(23-16-10-5-11-17-23)26(24)22-14-8-4-9-15-22/h3-20H,1-2H3.